The fourth-order valence-corrected chi connectivity index (χ4v) is 3.26. The molecule has 112 valence electrons. The summed E-state index contributed by atoms with van der Waals surface area (Å²) in [7, 11) is 0. The van der Waals surface area contributed by atoms with E-state index in [1.54, 1.807) is 17.4 Å². The maximum atomic E-state index is 12.5. The van der Waals surface area contributed by atoms with Crippen LogP contribution in [-0.2, 0) is 13.1 Å². The van der Waals surface area contributed by atoms with Crippen molar-refractivity contribution in [2.24, 2.45) is 0 Å². The van der Waals surface area contributed by atoms with Crippen LogP contribution in [0, 0.1) is 6.92 Å². The fraction of sp³-hybridized carbons (Fsp3) is 0.267. The first-order valence-electron chi connectivity index (χ1n) is 7.02. The zero-order valence-electron chi connectivity index (χ0n) is 12.0. The molecule has 0 aromatic carbocycles. The summed E-state index contributed by atoms with van der Waals surface area (Å²) < 4.78 is 7.55. The van der Waals surface area contributed by atoms with Crippen LogP contribution >= 0.6 is 11.3 Å². The van der Waals surface area contributed by atoms with Gasteiger partial charge in [-0.05, 0) is 19.1 Å². The van der Waals surface area contributed by atoms with Crippen molar-refractivity contribution in [2.75, 3.05) is 6.54 Å². The number of rotatable bonds is 2. The summed E-state index contributed by atoms with van der Waals surface area (Å²) in [6, 6.07) is 3.78. The number of nitrogens with zero attached hydrogens (tertiary/aromatic N) is 4. The van der Waals surface area contributed by atoms with Crippen molar-refractivity contribution in [3.63, 3.8) is 0 Å². The van der Waals surface area contributed by atoms with Gasteiger partial charge in [-0.2, -0.15) is 0 Å². The minimum absolute atomic E-state index is 0.0295. The number of aromatic nitrogens is 3. The molecule has 0 N–H and O–H groups in total. The van der Waals surface area contributed by atoms with E-state index in [1.165, 1.54) is 11.3 Å². The van der Waals surface area contributed by atoms with Crippen LogP contribution < -0.4 is 0 Å². The van der Waals surface area contributed by atoms with E-state index in [0.717, 1.165) is 22.3 Å². The lowest BCUT2D eigenvalue weighted by Crippen LogP contribution is -2.38. The van der Waals surface area contributed by atoms with Crippen LogP contribution in [0.5, 0.6) is 0 Å². The van der Waals surface area contributed by atoms with Crippen LogP contribution in [0.1, 0.15) is 21.3 Å². The van der Waals surface area contributed by atoms with Gasteiger partial charge in [-0.3, -0.25) is 4.79 Å². The van der Waals surface area contributed by atoms with Crippen LogP contribution in [0.3, 0.4) is 0 Å². The van der Waals surface area contributed by atoms with Crippen molar-refractivity contribution in [1.82, 2.24) is 19.4 Å². The normalized spacial score (nSPS) is 14.1. The molecule has 0 bridgehead atoms. The van der Waals surface area contributed by atoms with Crippen LogP contribution in [0.15, 0.2) is 34.4 Å². The minimum atomic E-state index is -0.0295. The average molecular weight is 314 g/mol. The summed E-state index contributed by atoms with van der Waals surface area (Å²) >= 11 is 1.49. The van der Waals surface area contributed by atoms with Gasteiger partial charge in [0.2, 0.25) is 0 Å². The van der Waals surface area contributed by atoms with Crippen molar-refractivity contribution >= 4 is 17.2 Å². The molecular weight excluding hydrogens is 300 g/mol. The van der Waals surface area contributed by atoms with Gasteiger partial charge < -0.3 is 13.9 Å². The Labute approximate surface area is 131 Å². The van der Waals surface area contributed by atoms with E-state index >= 15 is 0 Å². The van der Waals surface area contributed by atoms with Crippen molar-refractivity contribution in [2.45, 2.75) is 20.0 Å². The lowest BCUT2D eigenvalue weighted by atomic mass is 10.3. The first-order chi connectivity index (χ1) is 10.7. The average Bonchev–Trinajstić information content (AvgIpc) is 3.25. The molecule has 0 spiro atoms. The third-order valence-electron chi connectivity index (χ3n) is 3.76. The minimum Gasteiger partial charge on any atom is -0.463 e. The molecule has 1 amide bonds. The van der Waals surface area contributed by atoms with E-state index in [2.05, 4.69) is 14.5 Å². The topological polar surface area (TPSA) is 64.2 Å². The molecule has 0 radical (unpaired) electrons. The first-order valence-corrected chi connectivity index (χ1v) is 7.90. The Kier molecular flexibility index (Phi) is 3.07. The van der Waals surface area contributed by atoms with Gasteiger partial charge in [-0.15, -0.1) is 11.3 Å². The molecule has 0 saturated heterocycles. The standard InChI is InChI=1S/C15H14N4O2S/c1-10-17-11(9-22-10)15(20)18-4-5-19-12(7-16-14(19)8-18)13-3-2-6-21-13/h2-3,6-7,9H,4-5,8H2,1H3. The molecular formula is C15H14N4O2S. The summed E-state index contributed by atoms with van der Waals surface area (Å²) in [4.78, 5) is 23.0. The molecule has 4 rings (SSSR count). The Morgan fingerprint density at radius 3 is 3.05 bits per heavy atom. The first kappa shape index (κ1) is 13.3. The van der Waals surface area contributed by atoms with Crippen molar-refractivity contribution in [3.05, 3.63) is 46.5 Å². The van der Waals surface area contributed by atoms with Gasteiger partial charge in [0.05, 0.1) is 24.0 Å². The third kappa shape index (κ3) is 2.14. The summed E-state index contributed by atoms with van der Waals surface area (Å²) in [6.45, 7) is 3.75. The smallest absolute Gasteiger partial charge is 0.273 e. The number of imidazole rings is 1. The largest absolute Gasteiger partial charge is 0.463 e. The van der Waals surface area contributed by atoms with E-state index in [9.17, 15) is 4.79 Å². The second-order valence-corrected chi connectivity index (χ2v) is 6.23. The Balaban J connectivity index is 1.59. The van der Waals surface area contributed by atoms with Gasteiger partial charge in [-0.1, -0.05) is 0 Å². The van der Waals surface area contributed by atoms with Crippen molar-refractivity contribution in [3.8, 4) is 11.5 Å². The highest BCUT2D eigenvalue weighted by atomic mass is 32.1. The Hall–Kier alpha value is -2.41. The van der Waals surface area contributed by atoms with Crippen LogP contribution in [-0.4, -0.2) is 31.9 Å². The lowest BCUT2D eigenvalue weighted by molar-refractivity contribution is 0.0702. The number of hydrogen-bond donors (Lipinski definition) is 0. The van der Waals surface area contributed by atoms with Gasteiger partial charge in [0.15, 0.2) is 5.76 Å². The van der Waals surface area contributed by atoms with Crippen molar-refractivity contribution < 1.29 is 9.21 Å². The molecule has 0 unspecified atom stereocenters. The second kappa shape index (κ2) is 5.10. The highest BCUT2D eigenvalue weighted by Crippen LogP contribution is 2.25. The molecule has 1 aliphatic heterocycles. The van der Waals surface area contributed by atoms with Crippen LogP contribution in [0.4, 0.5) is 0 Å². The second-order valence-electron chi connectivity index (χ2n) is 5.17. The van der Waals surface area contributed by atoms with E-state index in [1.807, 2.05) is 24.4 Å². The summed E-state index contributed by atoms with van der Waals surface area (Å²) in [5.74, 6) is 1.64. The Bertz CT molecular complexity index is 819. The van der Waals surface area contributed by atoms with Gasteiger partial charge in [-0.25, -0.2) is 9.97 Å². The summed E-state index contributed by atoms with van der Waals surface area (Å²) in [5.41, 5.74) is 1.48. The van der Waals surface area contributed by atoms with Gasteiger partial charge in [0.25, 0.3) is 5.91 Å². The SMILES string of the molecule is Cc1nc(C(=O)N2CCn3c(-c4ccco4)cnc3C2)cs1. The molecule has 6 nitrogen and oxygen atoms in total. The number of fused-ring (bicyclic) bond motifs is 1. The zero-order valence-corrected chi connectivity index (χ0v) is 12.8. The van der Waals surface area contributed by atoms with E-state index in [-0.39, 0.29) is 5.91 Å². The molecule has 3 aromatic heterocycles. The predicted octanol–water partition coefficient (Wildman–Crippen LogP) is 2.56. The molecule has 7 heteroatoms. The van der Waals surface area contributed by atoms with E-state index < -0.39 is 0 Å². The quantitative estimate of drug-likeness (QED) is 0.729. The van der Waals surface area contributed by atoms with Gasteiger partial charge in [0, 0.05) is 18.5 Å². The lowest BCUT2D eigenvalue weighted by Gasteiger charge is -2.27. The Morgan fingerprint density at radius 1 is 1.41 bits per heavy atom. The van der Waals surface area contributed by atoms with Crippen molar-refractivity contribution in [1.29, 1.82) is 0 Å². The van der Waals surface area contributed by atoms with Crippen LogP contribution in [0.25, 0.3) is 11.5 Å². The molecule has 22 heavy (non-hydrogen) atoms. The third-order valence-corrected chi connectivity index (χ3v) is 4.54. The molecule has 0 saturated carbocycles. The molecule has 0 aliphatic carbocycles. The molecule has 1 aliphatic rings. The fourth-order valence-electron chi connectivity index (χ4n) is 2.68. The van der Waals surface area contributed by atoms with Gasteiger partial charge >= 0.3 is 0 Å². The number of thiazole rings is 1. The maximum absolute atomic E-state index is 12.5. The monoisotopic (exact) mass is 314 g/mol. The van der Waals surface area contributed by atoms with E-state index in [4.69, 9.17) is 4.42 Å². The van der Waals surface area contributed by atoms with Crippen LogP contribution in [0.2, 0.25) is 0 Å². The highest BCUT2D eigenvalue weighted by molar-refractivity contribution is 7.09. The molecule has 3 aromatic rings. The summed E-state index contributed by atoms with van der Waals surface area (Å²) in [5, 5.41) is 2.72. The number of amides is 1. The number of hydrogen-bond acceptors (Lipinski definition) is 5. The zero-order chi connectivity index (χ0) is 15.1. The number of carbonyl (C=O) groups excluding carboxylic acids is 1. The molecule has 0 atom stereocenters. The highest BCUT2D eigenvalue weighted by Gasteiger charge is 2.26. The van der Waals surface area contributed by atoms with E-state index in [0.29, 0.717) is 25.3 Å². The number of carbonyl (C=O) groups is 1. The van der Waals surface area contributed by atoms with Gasteiger partial charge in [0.1, 0.15) is 17.2 Å². The molecule has 4 heterocycles. The molecule has 0 fully saturated rings. The summed E-state index contributed by atoms with van der Waals surface area (Å²) in [6.07, 6.45) is 3.45. The number of aryl methyl sites for hydroxylation is 1. The maximum Gasteiger partial charge on any atom is 0.273 e. The number of furan rings is 1. The Morgan fingerprint density at radius 2 is 2.32 bits per heavy atom. The predicted molar refractivity (Wildman–Crippen MR) is 81.5 cm³/mol.